The van der Waals surface area contributed by atoms with E-state index in [0.717, 1.165) is 21.3 Å². The number of aromatic amines is 1. The summed E-state index contributed by atoms with van der Waals surface area (Å²) in [7, 11) is 3.08. The highest BCUT2D eigenvalue weighted by atomic mass is 79.9. The van der Waals surface area contributed by atoms with E-state index in [9.17, 15) is 4.79 Å². The van der Waals surface area contributed by atoms with Gasteiger partial charge in [-0.05, 0) is 36.8 Å². The number of benzene rings is 2. The van der Waals surface area contributed by atoms with Crippen LogP contribution in [-0.4, -0.2) is 30.3 Å². The molecule has 0 saturated heterocycles. The number of amides is 1. The molecular formula is C19H18BrN3O3. The molecule has 0 radical (unpaired) electrons. The number of H-pyrrole nitrogens is 1. The highest BCUT2D eigenvalue weighted by Crippen LogP contribution is 2.31. The van der Waals surface area contributed by atoms with Gasteiger partial charge in [-0.3, -0.25) is 9.89 Å². The van der Waals surface area contributed by atoms with Crippen molar-refractivity contribution in [2.45, 2.75) is 6.92 Å². The zero-order valence-electron chi connectivity index (χ0n) is 14.6. The zero-order valence-corrected chi connectivity index (χ0v) is 16.2. The number of ether oxygens (including phenoxy) is 2. The molecule has 0 bridgehead atoms. The van der Waals surface area contributed by atoms with E-state index in [1.807, 2.05) is 31.2 Å². The topological polar surface area (TPSA) is 76.2 Å². The largest absolute Gasteiger partial charge is 0.497 e. The predicted molar refractivity (Wildman–Crippen MR) is 104 cm³/mol. The molecule has 0 aliphatic rings. The smallest absolute Gasteiger partial charge is 0.257 e. The number of aromatic nitrogens is 2. The molecule has 2 N–H and O–H groups in total. The number of anilines is 1. The first-order valence-corrected chi connectivity index (χ1v) is 8.66. The summed E-state index contributed by atoms with van der Waals surface area (Å²) in [6.07, 6.45) is 0. The van der Waals surface area contributed by atoms with Crippen molar-refractivity contribution < 1.29 is 14.3 Å². The molecule has 1 amide bonds. The van der Waals surface area contributed by atoms with Gasteiger partial charge in [-0.15, -0.1) is 0 Å². The Hall–Kier alpha value is -2.80. The van der Waals surface area contributed by atoms with Crippen molar-refractivity contribution in [1.29, 1.82) is 0 Å². The second kappa shape index (κ2) is 7.61. The first-order valence-electron chi connectivity index (χ1n) is 7.87. The van der Waals surface area contributed by atoms with Gasteiger partial charge >= 0.3 is 0 Å². The quantitative estimate of drug-likeness (QED) is 0.646. The Morgan fingerprint density at radius 2 is 1.69 bits per heavy atom. The molecule has 3 aromatic rings. The van der Waals surface area contributed by atoms with Crippen molar-refractivity contribution in [2.24, 2.45) is 0 Å². The summed E-state index contributed by atoms with van der Waals surface area (Å²) in [6.45, 7) is 1.91. The second-order valence-electron chi connectivity index (χ2n) is 5.63. The standard InChI is InChI=1S/C19H18BrN3O3/c1-11-17(12-4-6-14(20)7-5-12)18(23-22-11)21-19(24)13-8-15(25-2)10-16(9-13)26-3/h4-10H,1-3H3,(H2,21,22,23,24). The van der Waals surface area contributed by atoms with Crippen LogP contribution in [0.25, 0.3) is 11.1 Å². The van der Waals surface area contributed by atoms with Crippen molar-refractivity contribution in [3.05, 3.63) is 58.2 Å². The highest BCUT2D eigenvalue weighted by Gasteiger charge is 2.17. The van der Waals surface area contributed by atoms with Gasteiger partial charge < -0.3 is 14.8 Å². The number of hydrogen-bond donors (Lipinski definition) is 2. The molecule has 0 saturated carbocycles. The molecule has 2 aromatic carbocycles. The maximum absolute atomic E-state index is 12.7. The van der Waals surface area contributed by atoms with Crippen LogP contribution in [0.3, 0.4) is 0 Å². The summed E-state index contributed by atoms with van der Waals surface area (Å²) < 4.78 is 11.4. The minimum Gasteiger partial charge on any atom is -0.497 e. The molecule has 0 aliphatic heterocycles. The van der Waals surface area contributed by atoms with Gasteiger partial charge in [-0.2, -0.15) is 5.10 Å². The molecule has 0 fully saturated rings. The number of carbonyl (C=O) groups excluding carboxylic acids is 1. The average molecular weight is 416 g/mol. The van der Waals surface area contributed by atoms with E-state index in [1.54, 1.807) is 32.4 Å². The van der Waals surface area contributed by atoms with Gasteiger partial charge in [0.2, 0.25) is 0 Å². The van der Waals surface area contributed by atoms with Gasteiger partial charge in [0.1, 0.15) is 11.5 Å². The fourth-order valence-corrected chi connectivity index (χ4v) is 2.87. The monoisotopic (exact) mass is 415 g/mol. The zero-order chi connectivity index (χ0) is 18.7. The molecule has 0 atom stereocenters. The van der Waals surface area contributed by atoms with E-state index >= 15 is 0 Å². The normalized spacial score (nSPS) is 10.5. The molecule has 0 spiro atoms. The summed E-state index contributed by atoms with van der Waals surface area (Å²) >= 11 is 3.43. The molecule has 1 heterocycles. The van der Waals surface area contributed by atoms with Gasteiger partial charge in [-0.1, -0.05) is 28.1 Å². The lowest BCUT2D eigenvalue weighted by atomic mass is 10.1. The fraction of sp³-hybridized carbons (Fsp3) is 0.158. The van der Waals surface area contributed by atoms with Gasteiger partial charge in [-0.25, -0.2) is 0 Å². The molecule has 3 rings (SSSR count). The van der Waals surface area contributed by atoms with E-state index in [0.29, 0.717) is 22.9 Å². The van der Waals surface area contributed by atoms with E-state index in [1.165, 1.54) is 0 Å². The number of aryl methyl sites for hydroxylation is 1. The van der Waals surface area contributed by atoms with Gasteiger partial charge in [0.15, 0.2) is 5.82 Å². The van der Waals surface area contributed by atoms with Crippen molar-refractivity contribution >= 4 is 27.7 Å². The summed E-state index contributed by atoms with van der Waals surface area (Å²) in [5, 5.41) is 10.0. The Bertz CT molecular complexity index is 913. The minimum atomic E-state index is -0.299. The highest BCUT2D eigenvalue weighted by molar-refractivity contribution is 9.10. The maximum Gasteiger partial charge on any atom is 0.257 e. The number of nitrogens with zero attached hydrogens (tertiary/aromatic N) is 1. The minimum absolute atomic E-state index is 0.299. The van der Waals surface area contributed by atoms with Crippen LogP contribution >= 0.6 is 15.9 Å². The van der Waals surface area contributed by atoms with Gasteiger partial charge in [0, 0.05) is 27.4 Å². The number of hydrogen-bond acceptors (Lipinski definition) is 4. The number of rotatable bonds is 5. The third-order valence-corrected chi connectivity index (χ3v) is 4.45. The number of carbonyl (C=O) groups is 1. The van der Waals surface area contributed by atoms with Crippen molar-refractivity contribution in [1.82, 2.24) is 10.2 Å². The molecular weight excluding hydrogens is 398 g/mol. The average Bonchev–Trinajstić information content (AvgIpc) is 3.02. The summed E-state index contributed by atoms with van der Waals surface area (Å²) in [5.41, 5.74) is 3.09. The van der Waals surface area contributed by atoms with Gasteiger partial charge in [0.05, 0.1) is 14.2 Å². The summed E-state index contributed by atoms with van der Waals surface area (Å²) in [6, 6.07) is 12.8. The molecule has 134 valence electrons. The molecule has 0 unspecified atom stereocenters. The fourth-order valence-electron chi connectivity index (χ4n) is 2.61. The molecule has 7 heteroatoms. The van der Waals surface area contributed by atoms with Gasteiger partial charge in [0.25, 0.3) is 5.91 Å². The van der Waals surface area contributed by atoms with Crippen molar-refractivity contribution in [2.75, 3.05) is 19.5 Å². The Labute approximate surface area is 159 Å². The maximum atomic E-state index is 12.7. The second-order valence-corrected chi connectivity index (χ2v) is 6.55. The lowest BCUT2D eigenvalue weighted by molar-refractivity contribution is 0.102. The van der Waals surface area contributed by atoms with Crippen LogP contribution < -0.4 is 14.8 Å². The lowest BCUT2D eigenvalue weighted by Gasteiger charge is -2.09. The van der Waals surface area contributed by atoms with E-state index in [2.05, 4.69) is 31.4 Å². The lowest BCUT2D eigenvalue weighted by Crippen LogP contribution is -2.13. The SMILES string of the molecule is COc1cc(OC)cc(C(=O)Nc2n[nH]c(C)c2-c2ccc(Br)cc2)c1. The Kier molecular flexibility index (Phi) is 5.27. The number of methoxy groups -OCH3 is 2. The number of halogens is 1. The third-order valence-electron chi connectivity index (χ3n) is 3.93. The van der Waals surface area contributed by atoms with Crippen LogP contribution in [0.5, 0.6) is 11.5 Å². The van der Waals surface area contributed by atoms with E-state index in [-0.39, 0.29) is 5.91 Å². The number of nitrogens with one attached hydrogen (secondary N) is 2. The van der Waals surface area contributed by atoms with Crippen LogP contribution in [0, 0.1) is 6.92 Å². The molecule has 6 nitrogen and oxygen atoms in total. The third kappa shape index (κ3) is 3.72. The Balaban J connectivity index is 1.93. The molecule has 1 aromatic heterocycles. The van der Waals surface area contributed by atoms with Crippen molar-refractivity contribution in [3.8, 4) is 22.6 Å². The summed E-state index contributed by atoms with van der Waals surface area (Å²) in [5.74, 6) is 1.25. The molecule has 26 heavy (non-hydrogen) atoms. The van der Waals surface area contributed by atoms with Crippen molar-refractivity contribution in [3.63, 3.8) is 0 Å². The van der Waals surface area contributed by atoms with Crippen LogP contribution in [-0.2, 0) is 0 Å². The van der Waals surface area contributed by atoms with Crippen LogP contribution in [0.2, 0.25) is 0 Å². The summed E-state index contributed by atoms with van der Waals surface area (Å²) in [4.78, 5) is 12.7. The van der Waals surface area contributed by atoms with Crippen LogP contribution in [0.1, 0.15) is 16.1 Å². The Morgan fingerprint density at radius 1 is 1.08 bits per heavy atom. The van der Waals surface area contributed by atoms with E-state index < -0.39 is 0 Å². The van der Waals surface area contributed by atoms with Crippen LogP contribution in [0.4, 0.5) is 5.82 Å². The van der Waals surface area contributed by atoms with Crippen LogP contribution in [0.15, 0.2) is 46.9 Å². The molecule has 0 aliphatic carbocycles. The van der Waals surface area contributed by atoms with E-state index in [4.69, 9.17) is 9.47 Å². The predicted octanol–water partition coefficient (Wildman–Crippen LogP) is 4.42. The Morgan fingerprint density at radius 3 is 2.27 bits per heavy atom. The first kappa shape index (κ1) is 18.0. The first-order chi connectivity index (χ1) is 12.5.